The van der Waals surface area contributed by atoms with Crippen LogP contribution in [0.15, 0.2) is 41.5 Å². The molecule has 2 aromatic carbocycles. The molecule has 0 spiro atoms. The van der Waals surface area contributed by atoms with Gasteiger partial charge >= 0.3 is 0 Å². The van der Waals surface area contributed by atoms with E-state index in [1.807, 2.05) is 0 Å². The van der Waals surface area contributed by atoms with Crippen LogP contribution in [-0.4, -0.2) is 17.0 Å². The molecule has 9 heteroatoms. The van der Waals surface area contributed by atoms with Gasteiger partial charge in [-0.25, -0.2) is 9.82 Å². The van der Waals surface area contributed by atoms with Crippen molar-refractivity contribution in [2.45, 2.75) is 0 Å². The summed E-state index contributed by atoms with van der Waals surface area (Å²) in [4.78, 5) is 21.6. The molecule has 0 aliphatic heterocycles. The molecule has 23 heavy (non-hydrogen) atoms. The summed E-state index contributed by atoms with van der Waals surface area (Å²) >= 11 is 5.69. The number of hydrazone groups is 1. The Kier molecular flexibility index (Phi) is 4.87. The van der Waals surface area contributed by atoms with E-state index in [2.05, 4.69) is 10.5 Å². The van der Waals surface area contributed by atoms with Gasteiger partial charge in [-0.05, 0) is 41.6 Å². The van der Waals surface area contributed by atoms with Crippen LogP contribution >= 0.6 is 11.6 Å². The van der Waals surface area contributed by atoms with Crippen molar-refractivity contribution < 1.29 is 19.2 Å². The molecule has 0 fully saturated rings. The van der Waals surface area contributed by atoms with Crippen molar-refractivity contribution in [1.82, 2.24) is 5.43 Å². The monoisotopic (exact) mass is 336 g/mol. The van der Waals surface area contributed by atoms with Gasteiger partial charge < -0.3 is 5.11 Å². The third kappa shape index (κ3) is 4.01. The highest BCUT2D eigenvalue weighted by Crippen LogP contribution is 2.29. The van der Waals surface area contributed by atoms with E-state index in [9.17, 15) is 24.4 Å². The summed E-state index contributed by atoms with van der Waals surface area (Å²) in [5.74, 6) is -2.00. The number of hydrogen-bond donors (Lipinski definition) is 1. The van der Waals surface area contributed by atoms with Gasteiger partial charge in [0.25, 0.3) is 11.6 Å². The van der Waals surface area contributed by atoms with Crippen LogP contribution in [0.5, 0.6) is 5.75 Å². The van der Waals surface area contributed by atoms with Crippen LogP contribution in [0.3, 0.4) is 0 Å². The summed E-state index contributed by atoms with van der Waals surface area (Å²) in [6.45, 7) is 0. The smallest absolute Gasteiger partial charge is 0.271 e. The largest absolute Gasteiger partial charge is 0.867 e. The van der Waals surface area contributed by atoms with Gasteiger partial charge in [0, 0.05) is 16.7 Å². The highest BCUT2D eigenvalue weighted by molar-refractivity contribution is 6.31. The summed E-state index contributed by atoms with van der Waals surface area (Å²) in [7, 11) is 0. The summed E-state index contributed by atoms with van der Waals surface area (Å²) in [5, 5.41) is 26.1. The molecule has 0 bridgehead atoms. The number of nitro groups is 1. The number of rotatable bonds is 4. The van der Waals surface area contributed by atoms with Crippen molar-refractivity contribution in [2.75, 3.05) is 0 Å². The zero-order chi connectivity index (χ0) is 17.0. The lowest BCUT2D eigenvalue weighted by Crippen LogP contribution is -2.17. The standard InChI is InChI=1S/C14H9ClFN3O4/c15-10-5-9(13(20)12(6-10)19(22)23)7-17-18-14(21)8-1-3-11(16)4-2-8/h1-7,20H,(H,18,21)/p-1/b17-7-. The highest BCUT2D eigenvalue weighted by Gasteiger charge is 2.11. The molecule has 2 aromatic rings. The van der Waals surface area contributed by atoms with Crippen LogP contribution < -0.4 is 10.5 Å². The molecule has 1 amide bonds. The number of carbonyl (C=O) groups is 1. The number of amides is 1. The molecule has 0 aliphatic carbocycles. The van der Waals surface area contributed by atoms with E-state index in [4.69, 9.17) is 11.6 Å². The summed E-state index contributed by atoms with van der Waals surface area (Å²) in [5.41, 5.74) is 1.43. The highest BCUT2D eigenvalue weighted by atomic mass is 35.5. The van der Waals surface area contributed by atoms with Crippen LogP contribution in [0.25, 0.3) is 0 Å². The molecule has 0 saturated carbocycles. The molecular weight excluding hydrogens is 329 g/mol. The molecule has 0 radical (unpaired) electrons. The molecule has 1 N–H and O–H groups in total. The van der Waals surface area contributed by atoms with Gasteiger partial charge in [0.1, 0.15) is 5.82 Å². The number of nitro benzene ring substituents is 1. The van der Waals surface area contributed by atoms with Crippen LogP contribution in [0.1, 0.15) is 15.9 Å². The Bertz CT molecular complexity index is 793. The van der Waals surface area contributed by atoms with E-state index in [1.54, 1.807) is 0 Å². The fraction of sp³-hybridized carbons (Fsp3) is 0. The fourth-order valence-corrected chi connectivity index (χ4v) is 1.88. The van der Waals surface area contributed by atoms with Gasteiger partial charge in [0.05, 0.1) is 11.1 Å². The maximum absolute atomic E-state index is 12.7. The molecule has 2 rings (SSSR count). The predicted octanol–water partition coefficient (Wildman–Crippen LogP) is 2.22. The number of nitrogens with one attached hydrogen (secondary N) is 1. The van der Waals surface area contributed by atoms with Gasteiger partial charge in [-0.2, -0.15) is 5.10 Å². The topological polar surface area (TPSA) is 108 Å². The van der Waals surface area contributed by atoms with Gasteiger partial charge in [-0.15, -0.1) is 0 Å². The SMILES string of the molecule is O=C(N/N=C\c1cc(Cl)cc([N+](=O)[O-])c1[O-])c1ccc(F)cc1. The van der Waals surface area contributed by atoms with Gasteiger partial charge in [-0.3, -0.25) is 14.9 Å². The maximum Gasteiger partial charge on any atom is 0.271 e. The van der Waals surface area contributed by atoms with Crippen molar-refractivity contribution in [3.8, 4) is 5.75 Å². The van der Waals surface area contributed by atoms with Crippen LogP contribution in [0, 0.1) is 15.9 Å². The Balaban J connectivity index is 2.16. The molecule has 0 atom stereocenters. The lowest BCUT2D eigenvalue weighted by Gasteiger charge is -2.10. The second kappa shape index (κ2) is 6.84. The Morgan fingerprint density at radius 3 is 2.57 bits per heavy atom. The molecule has 0 unspecified atom stereocenters. The minimum atomic E-state index is -0.876. The van der Waals surface area contributed by atoms with E-state index in [0.717, 1.165) is 24.4 Å². The third-order valence-corrected chi connectivity index (χ3v) is 2.95. The van der Waals surface area contributed by atoms with Crippen molar-refractivity contribution in [2.24, 2.45) is 5.10 Å². The Hall–Kier alpha value is -3.00. The molecule has 0 aromatic heterocycles. The zero-order valence-electron chi connectivity index (χ0n) is 11.3. The van der Waals surface area contributed by atoms with Crippen LogP contribution in [0.4, 0.5) is 10.1 Å². The summed E-state index contributed by atoms with van der Waals surface area (Å²) in [6, 6.07) is 6.83. The molecule has 7 nitrogen and oxygen atoms in total. The first-order valence-corrected chi connectivity index (χ1v) is 6.50. The third-order valence-electron chi connectivity index (χ3n) is 2.74. The van der Waals surface area contributed by atoms with Crippen LogP contribution in [0.2, 0.25) is 5.02 Å². The Morgan fingerprint density at radius 2 is 1.96 bits per heavy atom. The van der Waals surface area contributed by atoms with E-state index in [-0.39, 0.29) is 16.1 Å². The molecule has 0 saturated heterocycles. The molecule has 0 heterocycles. The van der Waals surface area contributed by atoms with E-state index >= 15 is 0 Å². The lowest BCUT2D eigenvalue weighted by molar-refractivity contribution is -0.398. The van der Waals surface area contributed by atoms with E-state index in [1.165, 1.54) is 18.2 Å². The van der Waals surface area contributed by atoms with Crippen molar-refractivity contribution in [3.05, 3.63) is 68.5 Å². The van der Waals surface area contributed by atoms with Crippen molar-refractivity contribution >= 4 is 29.4 Å². The summed E-state index contributed by atoms with van der Waals surface area (Å²) < 4.78 is 12.7. The van der Waals surface area contributed by atoms with Crippen molar-refractivity contribution in [3.63, 3.8) is 0 Å². The quantitative estimate of drug-likeness (QED) is 0.524. The maximum atomic E-state index is 12.7. The first kappa shape index (κ1) is 16.4. The van der Waals surface area contributed by atoms with Gasteiger partial charge in [0.2, 0.25) is 0 Å². The number of nitrogens with zero attached hydrogens (tertiary/aromatic N) is 2. The Labute approximate surface area is 134 Å². The second-order valence-corrected chi connectivity index (χ2v) is 4.74. The zero-order valence-corrected chi connectivity index (χ0v) is 12.1. The molecule has 118 valence electrons. The first-order chi connectivity index (χ1) is 10.9. The average Bonchev–Trinajstić information content (AvgIpc) is 2.50. The minimum absolute atomic E-state index is 0.0115. The van der Waals surface area contributed by atoms with Gasteiger partial charge in [0.15, 0.2) is 0 Å². The molecule has 0 aliphatic rings. The second-order valence-electron chi connectivity index (χ2n) is 4.31. The normalized spacial score (nSPS) is 10.7. The van der Waals surface area contributed by atoms with E-state index in [0.29, 0.717) is 0 Å². The fourth-order valence-electron chi connectivity index (χ4n) is 1.66. The molecular formula is C14H8ClFN3O4-. The minimum Gasteiger partial charge on any atom is -0.867 e. The average molecular weight is 337 g/mol. The number of carbonyl (C=O) groups excluding carboxylic acids is 1. The number of benzene rings is 2. The Morgan fingerprint density at radius 1 is 1.30 bits per heavy atom. The lowest BCUT2D eigenvalue weighted by atomic mass is 10.2. The van der Waals surface area contributed by atoms with E-state index < -0.39 is 28.1 Å². The van der Waals surface area contributed by atoms with Crippen LogP contribution in [-0.2, 0) is 0 Å². The van der Waals surface area contributed by atoms with Gasteiger partial charge in [-0.1, -0.05) is 11.6 Å². The summed E-state index contributed by atoms with van der Waals surface area (Å²) in [6.07, 6.45) is 0.947. The van der Waals surface area contributed by atoms with Crippen molar-refractivity contribution in [1.29, 1.82) is 0 Å². The number of hydrogen-bond acceptors (Lipinski definition) is 5. The first-order valence-electron chi connectivity index (χ1n) is 6.12. The predicted molar refractivity (Wildman–Crippen MR) is 79.0 cm³/mol. The number of halogens is 2.